The van der Waals surface area contributed by atoms with Crippen molar-refractivity contribution in [3.63, 3.8) is 0 Å². The van der Waals surface area contributed by atoms with Crippen molar-refractivity contribution in [2.24, 2.45) is 0 Å². The van der Waals surface area contributed by atoms with Crippen molar-refractivity contribution in [1.29, 1.82) is 0 Å². The number of imidazole rings is 1. The Morgan fingerprint density at radius 2 is 1.90 bits per heavy atom. The summed E-state index contributed by atoms with van der Waals surface area (Å²) in [6, 6.07) is 11.2. The minimum atomic E-state index is -0.275. The SMILES string of the molecule is CC(Cl)c1nc2cccc(Cl)c2n1-c1cc(Br)ccc1Cl. The molecule has 0 saturated carbocycles. The summed E-state index contributed by atoms with van der Waals surface area (Å²) in [5, 5.41) is 0.944. The summed E-state index contributed by atoms with van der Waals surface area (Å²) >= 11 is 22.5. The van der Waals surface area contributed by atoms with E-state index in [4.69, 9.17) is 34.8 Å². The lowest BCUT2D eigenvalue weighted by molar-refractivity contribution is 0.882. The second kappa shape index (κ2) is 5.81. The van der Waals surface area contributed by atoms with E-state index in [1.54, 1.807) is 0 Å². The number of aromatic nitrogens is 2. The standard InChI is InChI=1S/C15H10BrCl3N2/c1-8(17)15-20-12-4-2-3-11(19)14(12)21(15)13-7-9(16)5-6-10(13)18/h2-8H,1H3. The maximum Gasteiger partial charge on any atom is 0.132 e. The van der Waals surface area contributed by atoms with Crippen LogP contribution in [-0.2, 0) is 0 Å². The summed E-state index contributed by atoms with van der Waals surface area (Å²) in [5.41, 5.74) is 2.40. The molecule has 0 saturated heterocycles. The van der Waals surface area contributed by atoms with Crippen LogP contribution in [0.15, 0.2) is 40.9 Å². The molecule has 6 heteroatoms. The zero-order valence-electron chi connectivity index (χ0n) is 10.9. The summed E-state index contributed by atoms with van der Waals surface area (Å²) in [4.78, 5) is 4.59. The van der Waals surface area contributed by atoms with Crippen LogP contribution >= 0.6 is 50.7 Å². The van der Waals surface area contributed by atoms with Crippen LogP contribution in [0.2, 0.25) is 10.0 Å². The van der Waals surface area contributed by atoms with Crippen LogP contribution in [0.1, 0.15) is 18.1 Å². The zero-order valence-corrected chi connectivity index (χ0v) is 14.8. The largest absolute Gasteiger partial charge is 0.292 e. The fourth-order valence-electron chi connectivity index (χ4n) is 2.27. The smallest absolute Gasteiger partial charge is 0.132 e. The third kappa shape index (κ3) is 2.68. The average Bonchev–Trinajstić information content (AvgIpc) is 2.82. The van der Waals surface area contributed by atoms with E-state index >= 15 is 0 Å². The van der Waals surface area contributed by atoms with Crippen LogP contribution in [0.5, 0.6) is 0 Å². The van der Waals surface area contributed by atoms with Gasteiger partial charge in [0.1, 0.15) is 5.82 Å². The third-order valence-electron chi connectivity index (χ3n) is 3.16. The quantitative estimate of drug-likeness (QED) is 0.452. The van der Waals surface area contributed by atoms with E-state index in [2.05, 4.69) is 20.9 Å². The van der Waals surface area contributed by atoms with Gasteiger partial charge >= 0.3 is 0 Å². The Morgan fingerprint density at radius 1 is 1.14 bits per heavy atom. The number of alkyl halides is 1. The molecule has 0 N–H and O–H groups in total. The summed E-state index contributed by atoms with van der Waals surface area (Å²) in [7, 11) is 0. The van der Waals surface area contributed by atoms with Crippen molar-refractivity contribution in [1.82, 2.24) is 9.55 Å². The van der Waals surface area contributed by atoms with Gasteiger partial charge in [-0.05, 0) is 37.3 Å². The molecule has 2 aromatic carbocycles. The Labute approximate surface area is 145 Å². The second-order valence-electron chi connectivity index (χ2n) is 4.62. The molecule has 108 valence electrons. The molecule has 0 amide bonds. The minimum Gasteiger partial charge on any atom is -0.292 e. The molecule has 3 rings (SSSR count). The lowest BCUT2D eigenvalue weighted by atomic mass is 10.2. The molecule has 21 heavy (non-hydrogen) atoms. The monoisotopic (exact) mass is 402 g/mol. The maximum atomic E-state index is 6.36. The normalized spacial score (nSPS) is 12.8. The average molecular weight is 405 g/mol. The van der Waals surface area contributed by atoms with E-state index in [0.717, 1.165) is 21.2 Å². The van der Waals surface area contributed by atoms with Gasteiger partial charge in [0, 0.05) is 4.47 Å². The van der Waals surface area contributed by atoms with Crippen LogP contribution in [0, 0.1) is 0 Å². The first-order valence-corrected chi connectivity index (χ1v) is 8.24. The fraction of sp³-hybridized carbons (Fsp3) is 0.133. The van der Waals surface area contributed by atoms with E-state index in [0.29, 0.717) is 15.9 Å². The summed E-state index contributed by atoms with van der Waals surface area (Å²) in [5.74, 6) is 0.708. The maximum absolute atomic E-state index is 6.36. The number of benzene rings is 2. The van der Waals surface area contributed by atoms with E-state index in [-0.39, 0.29) is 5.38 Å². The van der Waals surface area contributed by atoms with Crippen molar-refractivity contribution in [2.45, 2.75) is 12.3 Å². The van der Waals surface area contributed by atoms with Crippen LogP contribution in [-0.4, -0.2) is 9.55 Å². The van der Waals surface area contributed by atoms with Crippen molar-refractivity contribution in [3.8, 4) is 5.69 Å². The molecule has 0 spiro atoms. The summed E-state index contributed by atoms with van der Waals surface area (Å²) in [6.07, 6.45) is 0. The van der Waals surface area contributed by atoms with Crippen molar-refractivity contribution >= 4 is 61.8 Å². The molecule has 3 aromatic rings. The van der Waals surface area contributed by atoms with E-state index < -0.39 is 0 Å². The molecular weight excluding hydrogens is 394 g/mol. The van der Waals surface area contributed by atoms with E-state index in [1.165, 1.54) is 0 Å². The van der Waals surface area contributed by atoms with Gasteiger partial charge in [-0.3, -0.25) is 4.57 Å². The first-order chi connectivity index (χ1) is 9.99. The van der Waals surface area contributed by atoms with Gasteiger partial charge < -0.3 is 0 Å². The molecule has 1 unspecified atom stereocenters. The molecule has 1 aromatic heterocycles. The Hall–Kier alpha value is -0.740. The van der Waals surface area contributed by atoms with Crippen LogP contribution < -0.4 is 0 Å². The van der Waals surface area contributed by atoms with Gasteiger partial charge in [-0.1, -0.05) is 45.2 Å². The Morgan fingerprint density at radius 3 is 2.62 bits per heavy atom. The number of fused-ring (bicyclic) bond motifs is 1. The highest BCUT2D eigenvalue weighted by molar-refractivity contribution is 9.10. The van der Waals surface area contributed by atoms with Crippen LogP contribution in [0.4, 0.5) is 0 Å². The molecule has 0 radical (unpaired) electrons. The van der Waals surface area contributed by atoms with Gasteiger partial charge in [-0.25, -0.2) is 4.98 Å². The predicted molar refractivity (Wildman–Crippen MR) is 93.1 cm³/mol. The van der Waals surface area contributed by atoms with Gasteiger partial charge in [0.25, 0.3) is 0 Å². The van der Waals surface area contributed by atoms with Crippen molar-refractivity contribution in [2.75, 3.05) is 0 Å². The second-order valence-corrected chi connectivity index (χ2v) is 7.01. The van der Waals surface area contributed by atoms with E-state index in [9.17, 15) is 0 Å². The van der Waals surface area contributed by atoms with Gasteiger partial charge in [0.05, 0.1) is 32.1 Å². The zero-order chi connectivity index (χ0) is 15.1. The number of hydrogen-bond donors (Lipinski definition) is 0. The topological polar surface area (TPSA) is 17.8 Å². The van der Waals surface area contributed by atoms with E-state index in [1.807, 2.05) is 47.9 Å². The summed E-state index contributed by atoms with van der Waals surface area (Å²) in [6.45, 7) is 1.87. The molecular formula is C15H10BrCl3N2. The van der Waals surface area contributed by atoms with Crippen molar-refractivity contribution < 1.29 is 0 Å². The number of nitrogens with zero attached hydrogens (tertiary/aromatic N) is 2. The minimum absolute atomic E-state index is 0.275. The molecule has 1 atom stereocenters. The molecule has 2 nitrogen and oxygen atoms in total. The number of para-hydroxylation sites is 1. The lowest BCUT2D eigenvalue weighted by Crippen LogP contribution is -2.03. The lowest BCUT2D eigenvalue weighted by Gasteiger charge is -2.13. The fourth-order valence-corrected chi connectivity index (χ4v) is 3.22. The van der Waals surface area contributed by atoms with Crippen molar-refractivity contribution in [3.05, 3.63) is 56.7 Å². The van der Waals surface area contributed by atoms with Crippen LogP contribution in [0.3, 0.4) is 0 Å². The Balaban J connectivity index is 2.44. The molecule has 0 aliphatic rings. The van der Waals surface area contributed by atoms with Crippen LogP contribution in [0.25, 0.3) is 16.7 Å². The highest BCUT2D eigenvalue weighted by atomic mass is 79.9. The molecule has 0 aliphatic carbocycles. The molecule has 0 bridgehead atoms. The van der Waals surface area contributed by atoms with Gasteiger partial charge in [0.15, 0.2) is 0 Å². The number of halogens is 4. The molecule has 1 heterocycles. The Bertz CT molecular complexity index is 827. The van der Waals surface area contributed by atoms with Gasteiger partial charge in [-0.15, -0.1) is 11.6 Å². The van der Waals surface area contributed by atoms with Gasteiger partial charge in [-0.2, -0.15) is 0 Å². The highest BCUT2D eigenvalue weighted by Crippen LogP contribution is 2.35. The number of rotatable bonds is 2. The van der Waals surface area contributed by atoms with Gasteiger partial charge in [0.2, 0.25) is 0 Å². The molecule has 0 aliphatic heterocycles. The third-order valence-corrected chi connectivity index (χ3v) is 4.47. The summed E-state index contributed by atoms with van der Waals surface area (Å²) < 4.78 is 2.84. The first kappa shape index (κ1) is 15.2. The first-order valence-electron chi connectivity index (χ1n) is 6.25. The number of hydrogen-bond acceptors (Lipinski definition) is 1. The highest BCUT2D eigenvalue weighted by Gasteiger charge is 2.20. The predicted octanol–water partition coefficient (Wildman–Crippen LogP) is 6.39. The molecule has 0 fully saturated rings. The Kier molecular flexibility index (Phi) is 4.19.